The predicted octanol–water partition coefficient (Wildman–Crippen LogP) is 13.9. The van der Waals surface area contributed by atoms with Gasteiger partial charge in [-0.25, -0.2) is 0 Å². The maximum absolute atomic E-state index is 2.44. The molecular formula is C50H34N2. The molecule has 0 unspecified atom stereocenters. The fraction of sp³-hybridized carbons (Fsp3) is 0. The normalized spacial score (nSPS) is 11.5. The number of hydrogen-bond donors (Lipinski definition) is 0. The minimum Gasteiger partial charge on any atom is -0.310 e. The van der Waals surface area contributed by atoms with Crippen LogP contribution in [-0.4, -0.2) is 4.57 Å². The van der Waals surface area contributed by atoms with Crippen LogP contribution >= 0.6 is 0 Å². The van der Waals surface area contributed by atoms with E-state index in [-0.39, 0.29) is 0 Å². The summed E-state index contributed by atoms with van der Waals surface area (Å²) in [5.41, 5.74) is 11.7. The highest BCUT2D eigenvalue weighted by molar-refractivity contribution is 6.21. The Morgan fingerprint density at radius 3 is 1.67 bits per heavy atom. The van der Waals surface area contributed by atoms with E-state index in [1.807, 2.05) is 0 Å². The first-order valence-corrected chi connectivity index (χ1v) is 17.9. The molecule has 9 aromatic carbocycles. The molecule has 244 valence electrons. The van der Waals surface area contributed by atoms with Gasteiger partial charge in [0.15, 0.2) is 0 Å². The minimum absolute atomic E-state index is 1.10. The molecule has 1 aromatic heterocycles. The quantitative estimate of drug-likeness (QED) is 0.172. The first-order valence-electron chi connectivity index (χ1n) is 17.9. The second-order valence-electron chi connectivity index (χ2n) is 13.4. The van der Waals surface area contributed by atoms with Crippen molar-refractivity contribution in [3.05, 3.63) is 206 Å². The van der Waals surface area contributed by atoms with E-state index >= 15 is 0 Å². The van der Waals surface area contributed by atoms with Gasteiger partial charge in [0.2, 0.25) is 0 Å². The van der Waals surface area contributed by atoms with Crippen molar-refractivity contribution < 1.29 is 0 Å². The first kappa shape index (κ1) is 30.0. The Balaban J connectivity index is 1.10. The van der Waals surface area contributed by atoms with E-state index < -0.39 is 0 Å². The molecule has 2 nitrogen and oxygen atoms in total. The predicted molar refractivity (Wildman–Crippen MR) is 221 cm³/mol. The van der Waals surface area contributed by atoms with E-state index in [1.54, 1.807) is 0 Å². The molecule has 0 bridgehead atoms. The summed E-state index contributed by atoms with van der Waals surface area (Å²) in [6, 6.07) is 74.6. The molecule has 0 N–H and O–H groups in total. The lowest BCUT2D eigenvalue weighted by molar-refractivity contribution is 1.18. The molecule has 0 atom stereocenters. The summed E-state index contributed by atoms with van der Waals surface area (Å²) < 4.78 is 2.44. The molecule has 0 saturated heterocycles. The van der Waals surface area contributed by atoms with Crippen molar-refractivity contribution in [2.75, 3.05) is 4.90 Å². The van der Waals surface area contributed by atoms with Crippen LogP contribution in [0.5, 0.6) is 0 Å². The Morgan fingerprint density at radius 2 is 0.885 bits per heavy atom. The van der Waals surface area contributed by atoms with E-state index in [4.69, 9.17) is 0 Å². The fourth-order valence-corrected chi connectivity index (χ4v) is 7.90. The molecule has 0 radical (unpaired) electrons. The van der Waals surface area contributed by atoms with Gasteiger partial charge in [-0.3, -0.25) is 0 Å². The Hall–Kier alpha value is -6.90. The third-order valence-electron chi connectivity index (χ3n) is 10.4. The zero-order valence-electron chi connectivity index (χ0n) is 28.5. The molecule has 0 aliphatic carbocycles. The summed E-state index contributed by atoms with van der Waals surface area (Å²) in [5, 5.41) is 7.55. The van der Waals surface area contributed by atoms with E-state index in [0.717, 1.165) is 17.1 Å². The molecule has 0 fully saturated rings. The number of rotatable bonds is 6. The number of anilines is 3. The summed E-state index contributed by atoms with van der Waals surface area (Å²) >= 11 is 0. The van der Waals surface area contributed by atoms with Gasteiger partial charge in [-0.2, -0.15) is 0 Å². The van der Waals surface area contributed by atoms with Crippen molar-refractivity contribution in [2.45, 2.75) is 0 Å². The van der Waals surface area contributed by atoms with E-state index in [9.17, 15) is 0 Å². The maximum Gasteiger partial charge on any atom is 0.0547 e. The number of nitrogens with zero attached hydrogens (tertiary/aromatic N) is 2. The molecule has 0 aliphatic heterocycles. The lowest BCUT2D eigenvalue weighted by Crippen LogP contribution is -2.10. The van der Waals surface area contributed by atoms with Gasteiger partial charge >= 0.3 is 0 Å². The average Bonchev–Trinajstić information content (AvgIpc) is 3.56. The van der Waals surface area contributed by atoms with Crippen LogP contribution in [-0.2, 0) is 0 Å². The van der Waals surface area contributed by atoms with Crippen molar-refractivity contribution in [1.82, 2.24) is 4.57 Å². The lowest BCUT2D eigenvalue weighted by atomic mass is 10.0. The van der Waals surface area contributed by atoms with Crippen molar-refractivity contribution in [2.24, 2.45) is 0 Å². The number of hydrogen-bond acceptors (Lipinski definition) is 1. The topological polar surface area (TPSA) is 8.17 Å². The zero-order valence-corrected chi connectivity index (χ0v) is 28.5. The molecule has 2 heteroatoms. The molecule has 0 spiro atoms. The number of aromatic nitrogens is 1. The van der Waals surface area contributed by atoms with E-state index in [2.05, 4.69) is 216 Å². The summed E-state index contributed by atoms with van der Waals surface area (Å²) in [4.78, 5) is 2.36. The smallest absolute Gasteiger partial charge is 0.0547 e. The van der Waals surface area contributed by atoms with Gasteiger partial charge in [0.1, 0.15) is 0 Å². The summed E-state index contributed by atoms with van der Waals surface area (Å²) in [5.74, 6) is 0. The third-order valence-corrected chi connectivity index (χ3v) is 10.4. The Labute approximate surface area is 303 Å². The van der Waals surface area contributed by atoms with Crippen LogP contribution in [0.4, 0.5) is 17.1 Å². The summed E-state index contributed by atoms with van der Waals surface area (Å²) in [6.45, 7) is 0. The standard InChI is InChI=1S/C50H34N2/c1-2-12-35(13-3-1)37-22-28-41(29-23-37)51(43-32-24-36-14-4-5-16-40(36)34-43)42-30-25-39(26-31-42)44-17-8-10-20-47(44)52-48-21-11-9-19-46(48)50-45-18-7-6-15-38(45)27-33-49(50)52/h1-34H. The third kappa shape index (κ3) is 5.04. The second-order valence-corrected chi connectivity index (χ2v) is 13.4. The van der Waals surface area contributed by atoms with Crippen LogP contribution in [0.2, 0.25) is 0 Å². The highest BCUT2D eigenvalue weighted by atomic mass is 15.1. The van der Waals surface area contributed by atoms with Gasteiger partial charge in [0.05, 0.1) is 16.7 Å². The van der Waals surface area contributed by atoms with Crippen molar-refractivity contribution in [3.63, 3.8) is 0 Å². The Morgan fingerprint density at radius 1 is 0.327 bits per heavy atom. The average molecular weight is 663 g/mol. The monoisotopic (exact) mass is 662 g/mol. The molecule has 10 aromatic rings. The van der Waals surface area contributed by atoms with Crippen molar-refractivity contribution in [1.29, 1.82) is 0 Å². The van der Waals surface area contributed by atoms with Crippen LogP contribution in [0, 0.1) is 0 Å². The van der Waals surface area contributed by atoms with Gasteiger partial charge in [-0.15, -0.1) is 0 Å². The SMILES string of the molecule is c1ccc(-c2ccc(N(c3ccc(-c4ccccc4-n4c5ccccc5c5c6ccccc6ccc54)cc3)c3ccc4ccccc4c3)cc2)cc1. The largest absolute Gasteiger partial charge is 0.310 e. The minimum atomic E-state index is 1.10. The van der Waals surface area contributed by atoms with E-state index in [1.165, 1.54) is 71.3 Å². The molecule has 52 heavy (non-hydrogen) atoms. The van der Waals surface area contributed by atoms with E-state index in [0.29, 0.717) is 0 Å². The summed E-state index contributed by atoms with van der Waals surface area (Å²) in [6.07, 6.45) is 0. The molecule has 0 amide bonds. The molecule has 1 heterocycles. The van der Waals surface area contributed by atoms with Crippen LogP contribution in [0.1, 0.15) is 0 Å². The van der Waals surface area contributed by atoms with Gasteiger partial charge in [0.25, 0.3) is 0 Å². The Kier molecular flexibility index (Phi) is 7.18. The van der Waals surface area contributed by atoms with Gasteiger partial charge in [-0.1, -0.05) is 152 Å². The zero-order chi connectivity index (χ0) is 34.4. The van der Waals surface area contributed by atoms with Gasteiger partial charge < -0.3 is 9.47 Å². The van der Waals surface area contributed by atoms with Crippen LogP contribution in [0.15, 0.2) is 206 Å². The summed E-state index contributed by atoms with van der Waals surface area (Å²) in [7, 11) is 0. The first-order chi connectivity index (χ1) is 25.8. The van der Waals surface area contributed by atoms with Crippen molar-refractivity contribution >= 4 is 60.4 Å². The molecule has 0 saturated carbocycles. The number of para-hydroxylation sites is 2. The maximum atomic E-state index is 2.44. The van der Waals surface area contributed by atoms with Crippen LogP contribution in [0.3, 0.4) is 0 Å². The molecular weight excluding hydrogens is 629 g/mol. The molecule has 0 aliphatic rings. The fourth-order valence-electron chi connectivity index (χ4n) is 7.90. The lowest BCUT2D eigenvalue weighted by Gasteiger charge is -2.26. The number of fused-ring (bicyclic) bond motifs is 6. The van der Waals surface area contributed by atoms with Crippen LogP contribution in [0.25, 0.3) is 71.3 Å². The highest BCUT2D eigenvalue weighted by Crippen LogP contribution is 2.41. The van der Waals surface area contributed by atoms with Gasteiger partial charge in [0, 0.05) is 33.4 Å². The van der Waals surface area contributed by atoms with Crippen molar-refractivity contribution in [3.8, 4) is 27.9 Å². The molecule has 10 rings (SSSR count). The Bertz CT molecular complexity index is 2880. The van der Waals surface area contributed by atoms with Crippen LogP contribution < -0.4 is 4.90 Å². The number of benzene rings is 9. The second kappa shape index (κ2) is 12.5. The highest BCUT2D eigenvalue weighted by Gasteiger charge is 2.18. The van der Waals surface area contributed by atoms with Gasteiger partial charge in [-0.05, 0) is 92.8 Å².